The molecule has 3 amide bonds. The van der Waals surface area contributed by atoms with Crippen LogP contribution in [0, 0.1) is 5.92 Å². The molecule has 1 saturated carbocycles. The molecule has 0 radical (unpaired) electrons. The number of piperazine rings is 1. The Balaban J connectivity index is 1.22. The number of aryl methyl sites for hydroxylation is 1. The van der Waals surface area contributed by atoms with Crippen LogP contribution in [0.1, 0.15) is 68.5 Å². The van der Waals surface area contributed by atoms with E-state index in [9.17, 15) is 19.5 Å². The van der Waals surface area contributed by atoms with Gasteiger partial charge in [-0.3, -0.25) is 24.0 Å². The van der Waals surface area contributed by atoms with E-state index in [4.69, 9.17) is 0 Å². The van der Waals surface area contributed by atoms with Gasteiger partial charge in [0.05, 0.1) is 5.69 Å². The monoisotopic (exact) mass is 641 g/mol. The molecule has 2 heterocycles. The highest BCUT2D eigenvalue weighted by Crippen LogP contribution is 2.27. The number of anilines is 1. The van der Waals surface area contributed by atoms with Gasteiger partial charge in [-0.2, -0.15) is 5.10 Å². The number of carbonyl (C=O) groups is 3. The summed E-state index contributed by atoms with van der Waals surface area (Å²) in [6, 6.07) is 18.7. The fourth-order valence-electron chi connectivity index (χ4n) is 6.40. The van der Waals surface area contributed by atoms with Crippen molar-refractivity contribution in [3.05, 3.63) is 83.7 Å². The van der Waals surface area contributed by atoms with Crippen LogP contribution in [0.4, 0.5) is 5.69 Å². The number of nitrogens with zero attached hydrogens (tertiary/aromatic N) is 5. The van der Waals surface area contributed by atoms with Gasteiger partial charge in [0.15, 0.2) is 6.23 Å². The average molecular weight is 642 g/mol. The van der Waals surface area contributed by atoms with Crippen molar-refractivity contribution in [2.24, 2.45) is 18.0 Å². The maximum absolute atomic E-state index is 13.6. The molecule has 11 nitrogen and oxygen atoms in total. The zero-order valence-electron chi connectivity index (χ0n) is 27.5. The second-order valence-corrected chi connectivity index (χ2v) is 12.5. The van der Waals surface area contributed by atoms with Crippen LogP contribution >= 0.6 is 0 Å². The Kier molecular flexibility index (Phi) is 11.9. The summed E-state index contributed by atoms with van der Waals surface area (Å²) in [4.78, 5) is 48.3. The summed E-state index contributed by atoms with van der Waals surface area (Å²) in [5, 5.41) is 20.8. The number of nitrogens with one attached hydrogen (secondary N) is 2. The number of hydrogen-bond donors (Lipinski definition) is 3. The summed E-state index contributed by atoms with van der Waals surface area (Å²) < 4.78 is 1.55. The van der Waals surface area contributed by atoms with Gasteiger partial charge in [0, 0.05) is 70.4 Å². The number of amides is 3. The molecular formula is C36H47N7O4. The number of carbonyl (C=O) groups excluding carboxylic acids is 3. The van der Waals surface area contributed by atoms with Crippen LogP contribution < -0.4 is 10.6 Å². The van der Waals surface area contributed by atoms with E-state index in [1.54, 1.807) is 43.0 Å². The van der Waals surface area contributed by atoms with Gasteiger partial charge in [0.1, 0.15) is 11.8 Å². The van der Waals surface area contributed by atoms with E-state index in [-0.39, 0.29) is 23.6 Å². The highest BCUT2D eigenvalue weighted by molar-refractivity contribution is 6.43. The normalized spacial score (nSPS) is 17.6. The van der Waals surface area contributed by atoms with Gasteiger partial charge in [-0.15, -0.1) is 0 Å². The molecule has 3 N–H and O–H groups in total. The molecule has 0 spiro atoms. The first-order chi connectivity index (χ1) is 22.8. The number of aromatic nitrogens is 2. The van der Waals surface area contributed by atoms with E-state index in [0.29, 0.717) is 43.0 Å². The Hall–Kier alpha value is -4.35. The molecule has 11 heteroatoms. The van der Waals surface area contributed by atoms with E-state index in [0.717, 1.165) is 57.3 Å². The van der Waals surface area contributed by atoms with Crippen molar-refractivity contribution in [1.82, 2.24) is 24.9 Å². The lowest BCUT2D eigenvalue weighted by Crippen LogP contribution is -2.55. The van der Waals surface area contributed by atoms with Crippen molar-refractivity contribution in [1.29, 1.82) is 0 Å². The van der Waals surface area contributed by atoms with Gasteiger partial charge in [-0.1, -0.05) is 68.7 Å². The number of rotatable bonds is 12. The van der Waals surface area contributed by atoms with Crippen molar-refractivity contribution in [3.8, 4) is 0 Å². The molecule has 3 aromatic rings. The van der Waals surface area contributed by atoms with E-state index >= 15 is 0 Å². The van der Waals surface area contributed by atoms with Gasteiger partial charge >= 0.3 is 0 Å². The third kappa shape index (κ3) is 9.36. The summed E-state index contributed by atoms with van der Waals surface area (Å²) in [6.45, 7) is 5.38. The molecule has 5 rings (SSSR count). The first-order valence-electron chi connectivity index (χ1n) is 16.8. The zero-order valence-corrected chi connectivity index (χ0v) is 27.5. The molecule has 1 aliphatic heterocycles. The van der Waals surface area contributed by atoms with Crippen LogP contribution in [0.2, 0.25) is 0 Å². The van der Waals surface area contributed by atoms with Crippen LogP contribution in [0.15, 0.2) is 71.9 Å². The van der Waals surface area contributed by atoms with E-state index in [1.165, 1.54) is 5.56 Å². The quantitative estimate of drug-likeness (QED) is 0.258. The summed E-state index contributed by atoms with van der Waals surface area (Å²) in [6.07, 6.45) is 5.91. The predicted octanol–water partition coefficient (Wildman–Crippen LogP) is 3.85. The molecule has 0 bridgehead atoms. The van der Waals surface area contributed by atoms with Crippen molar-refractivity contribution in [3.63, 3.8) is 0 Å². The fourth-order valence-corrected chi connectivity index (χ4v) is 6.40. The van der Waals surface area contributed by atoms with Crippen LogP contribution in [-0.4, -0.2) is 80.3 Å². The predicted molar refractivity (Wildman–Crippen MR) is 181 cm³/mol. The van der Waals surface area contributed by atoms with Crippen molar-refractivity contribution in [2.75, 3.05) is 31.5 Å². The van der Waals surface area contributed by atoms with Gasteiger partial charge in [-0.25, -0.2) is 4.99 Å². The molecule has 2 atom stereocenters. The minimum Gasteiger partial charge on any atom is -0.367 e. The van der Waals surface area contributed by atoms with Crippen molar-refractivity contribution >= 4 is 29.1 Å². The second-order valence-electron chi connectivity index (χ2n) is 12.5. The fraction of sp³-hybridized carbons (Fsp3) is 0.472. The highest BCUT2D eigenvalue weighted by atomic mass is 16.3. The highest BCUT2D eigenvalue weighted by Gasteiger charge is 2.30. The molecule has 2 aliphatic rings. The van der Waals surface area contributed by atoms with Crippen molar-refractivity contribution < 1.29 is 19.5 Å². The number of aliphatic hydroxyl groups is 1. The number of aliphatic hydroxyl groups excluding tert-OH is 1. The number of aliphatic imine (C=N–C) groups is 1. The standard InChI is InChI=1S/C36H47N7O4/c1-3-32(44)39-30(36(47)43-22-20-42(21-23-43)25-27-10-6-4-7-11-27)24-26-14-16-29(17-15-26)38-35(46)33(28-12-8-5-9-13-28)40-34(45)31-18-19-37-41(31)2/h4,6-7,10-11,14-19,28,30,34,45H,3,5,8-9,12-13,20-25H2,1-2H3,(H,38,46)(H,39,44)/b40-33+/t30-,34?/m1/s1. The van der Waals surface area contributed by atoms with Gasteiger partial charge in [0.2, 0.25) is 11.8 Å². The Labute approximate surface area is 277 Å². The Morgan fingerprint density at radius 2 is 1.64 bits per heavy atom. The molecule has 2 aromatic carbocycles. The molecule has 1 saturated heterocycles. The lowest BCUT2D eigenvalue weighted by Gasteiger charge is -2.36. The Morgan fingerprint density at radius 3 is 2.28 bits per heavy atom. The van der Waals surface area contributed by atoms with Gasteiger partial charge < -0.3 is 20.6 Å². The number of benzene rings is 2. The number of hydrogen-bond acceptors (Lipinski definition) is 7. The van der Waals surface area contributed by atoms with Crippen LogP contribution in [0.3, 0.4) is 0 Å². The van der Waals surface area contributed by atoms with E-state index < -0.39 is 12.3 Å². The summed E-state index contributed by atoms with van der Waals surface area (Å²) in [5.74, 6) is -0.609. The third-order valence-corrected chi connectivity index (χ3v) is 9.15. The minimum atomic E-state index is -1.19. The molecular weight excluding hydrogens is 594 g/mol. The SMILES string of the molecule is CCC(=O)N[C@H](Cc1ccc(NC(=O)/C(=N/C(O)c2ccnn2C)C2CCCCC2)cc1)C(=O)N1CCN(Cc2ccccc2)CC1. The lowest BCUT2D eigenvalue weighted by atomic mass is 9.85. The second kappa shape index (κ2) is 16.5. The zero-order chi connectivity index (χ0) is 33.2. The first kappa shape index (κ1) is 34.0. The lowest BCUT2D eigenvalue weighted by molar-refractivity contribution is -0.138. The van der Waals surface area contributed by atoms with Crippen LogP contribution in [0.5, 0.6) is 0 Å². The summed E-state index contributed by atoms with van der Waals surface area (Å²) in [7, 11) is 1.73. The van der Waals surface area contributed by atoms with Gasteiger partial charge in [-0.05, 0) is 42.2 Å². The Bertz CT molecular complexity index is 1510. The molecule has 250 valence electrons. The smallest absolute Gasteiger partial charge is 0.270 e. The molecule has 1 aliphatic carbocycles. The van der Waals surface area contributed by atoms with E-state index in [1.807, 2.05) is 35.2 Å². The molecule has 47 heavy (non-hydrogen) atoms. The van der Waals surface area contributed by atoms with E-state index in [2.05, 4.69) is 37.8 Å². The summed E-state index contributed by atoms with van der Waals surface area (Å²) in [5.41, 5.74) is 3.57. The average Bonchev–Trinajstić information content (AvgIpc) is 3.54. The molecule has 1 unspecified atom stereocenters. The maximum Gasteiger partial charge on any atom is 0.270 e. The maximum atomic E-state index is 13.6. The molecule has 1 aromatic heterocycles. The third-order valence-electron chi connectivity index (χ3n) is 9.15. The van der Waals surface area contributed by atoms with Crippen molar-refractivity contribution in [2.45, 2.75) is 70.7 Å². The first-order valence-corrected chi connectivity index (χ1v) is 16.8. The minimum absolute atomic E-state index is 0.0277. The largest absolute Gasteiger partial charge is 0.367 e. The molecule has 2 fully saturated rings. The summed E-state index contributed by atoms with van der Waals surface area (Å²) >= 11 is 0. The Morgan fingerprint density at radius 1 is 0.936 bits per heavy atom. The van der Waals surface area contributed by atoms with Gasteiger partial charge in [0.25, 0.3) is 5.91 Å². The van der Waals surface area contributed by atoms with Crippen LogP contribution in [0.25, 0.3) is 0 Å². The topological polar surface area (TPSA) is 132 Å². The van der Waals surface area contributed by atoms with Crippen LogP contribution in [-0.2, 0) is 34.4 Å².